The molecule has 0 spiro atoms. The van der Waals surface area contributed by atoms with Gasteiger partial charge in [-0.2, -0.15) is 4.31 Å². The van der Waals surface area contributed by atoms with Crippen LogP contribution in [0.1, 0.15) is 25.8 Å². The molecule has 3 rings (SSSR count). The number of hydrogen-bond donors (Lipinski definition) is 0. The van der Waals surface area contributed by atoms with Crippen molar-refractivity contribution in [3.8, 4) is 11.5 Å². The number of rotatable bonds is 7. The summed E-state index contributed by atoms with van der Waals surface area (Å²) in [6.45, 7) is 8.86. The van der Waals surface area contributed by atoms with Crippen LogP contribution in [0.25, 0.3) is 0 Å². The Morgan fingerprint density at radius 1 is 1.10 bits per heavy atom. The van der Waals surface area contributed by atoms with Crippen molar-refractivity contribution in [3.63, 3.8) is 0 Å². The van der Waals surface area contributed by atoms with E-state index in [2.05, 4.69) is 18.7 Å². The van der Waals surface area contributed by atoms with E-state index in [0.717, 1.165) is 25.1 Å². The number of hydrogen-bond acceptors (Lipinski definition) is 4. The number of benzene rings is 2. The van der Waals surface area contributed by atoms with Crippen LogP contribution in [0.3, 0.4) is 0 Å². The second-order valence-corrected chi connectivity index (χ2v) is 9.96. The van der Waals surface area contributed by atoms with Gasteiger partial charge in [-0.05, 0) is 62.3 Å². The van der Waals surface area contributed by atoms with E-state index in [-0.39, 0.29) is 16.7 Å². The average Bonchev–Trinajstić information content (AvgIpc) is 3.14. The van der Waals surface area contributed by atoms with Crippen molar-refractivity contribution in [2.75, 3.05) is 26.2 Å². The normalized spacial score (nSPS) is 17.8. The molecule has 0 radical (unpaired) electrons. The highest BCUT2D eigenvalue weighted by atomic mass is 35.5. The summed E-state index contributed by atoms with van der Waals surface area (Å²) >= 11 is 12.1. The zero-order valence-electron chi connectivity index (χ0n) is 16.9. The summed E-state index contributed by atoms with van der Waals surface area (Å²) in [7, 11) is -3.70. The Hall–Kier alpha value is -1.31. The van der Waals surface area contributed by atoms with Crippen LogP contribution >= 0.6 is 23.2 Å². The highest BCUT2D eigenvalue weighted by Crippen LogP contribution is 2.35. The molecule has 5 nitrogen and oxygen atoms in total. The lowest BCUT2D eigenvalue weighted by Gasteiger charge is -2.26. The van der Waals surface area contributed by atoms with Gasteiger partial charge in [0.15, 0.2) is 0 Å². The van der Waals surface area contributed by atoms with Crippen LogP contribution in [0.4, 0.5) is 0 Å². The SMILES string of the molecule is CCN(CC)C1CCN(S(=O)(=O)c2cc(C)ccc2Oc2cc(Cl)cc(Cl)c2)C1. The van der Waals surface area contributed by atoms with Crippen molar-refractivity contribution in [1.82, 2.24) is 9.21 Å². The maximum Gasteiger partial charge on any atom is 0.246 e. The molecule has 0 aromatic heterocycles. The minimum Gasteiger partial charge on any atom is -0.456 e. The molecule has 0 bridgehead atoms. The molecular formula is C21H26Cl2N2O3S. The molecule has 1 aliphatic heterocycles. The summed E-state index contributed by atoms with van der Waals surface area (Å²) in [5, 5.41) is 0.844. The number of sulfonamides is 1. The van der Waals surface area contributed by atoms with E-state index < -0.39 is 10.0 Å². The highest BCUT2D eigenvalue weighted by molar-refractivity contribution is 7.89. The van der Waals surface area contributed by atoms with Gasteiger partial charge in [0.2, 0.25) is 10.0 Å². The lowest BCUT2D eigenvalue weighted by molar-refractivity contribution is 0.224. The first-order chi connectivity index (χ1) is 13.7. The van der Waals surface area contributed by atoms with Gasteiger partial charge in [-0.1, -0.05) is 43.1 Å². The molecule has 0 aliphatic carbocycles. The van der Waals surface area contributed by atoms with Gasteiger partial charge in [-0.3, -0.25) is 4.90 Å². The van der Waals surface area contributed by atoms with Crippen LogP contribution in [0, 0.1) is 6.92 Å². The third-order valence-corrected chi connectivity index (χ3v) is 7.56. The van der Waals surface area contributed by atoms with Gasteiger partial charge in [0.1, 0.15) is 16.4 Å². The van der Waals surface area contributed by atoms with Crippen molar-refractivity contribution in [2.45, 2.75) is 38.1 Å². The van der Waals surface area contributed by atoms with Gasteiger partial charge in [0.25, 0.3) is 0 Å². The summed E-state index contributed by atoms with van der Waals surface area (Å²) in [6, 6.07) is 10.2. The number of nitrogens with zero attached hydrogens (tertiary/aromatic N) is 2. The standard InChI is InChI=1S/C21H26Cl2N2O3S/c1-4-24(5-2)18-8-9-25(14-18)29(26,27)21-10-15(3)6-7-20(21)28-19-12-16(22)11-17(23)13-19/h6-7,10-13,18H,4-5,8-9,14H2,1-3H3. The van der Waals surface area contributed by atoms with Crippen LogP contribution in [-0.2, 0) is 10.0 Å². The maximum atomic E-state index is 13.5. The molecule has 1 aliphatic rings. The maximum absolute atomic E-state index is 13.5. The van der Waals surface area contributed by atoms with Crippen molar-refractivity contribution >= 4 is 33.2 Å². The molecule has 8 heteroatoms. The fourth-order valence-corrected chi connectivity index (χ4v) is 5.92. The number of aryl methyl sites for hydroxylation is 1. The zero-order chi connectivity index (χ0) is 21.2. The van der Waals surface area contributed by atoms with Gasteiger partial charge in [-0.25, -0.2) is 8.42 Å². The minimum absolute atomic E-state index is 0.161. The smallest absolute Gasteiger partial charge is 0.246 e. The quantitative estimate of drug-likeness (QED) is 0.574. The minimum atomic E-state index is -3.70. The van der Waals surface area contributed by atoms with E-state index in [1.54, 1.807) is 34.6 Å². The summed E-state index contributed by atoms with van der Waals surface area (Å²) in [6.07, 6.45) is 0.826. The van der Waals surface area contributed by atoms with E-state index in [1.165, 1.54) is 0 Å². The first-order valence-corrected chi connectivity index (χ1v) is 11.9. The lowest BCUT2D eigenvalue weighted by Crippen LogP contribution is -2.38. The highest BCUT2D eigenvalue weighted by Gasteiger charge is 2.36. The number of likely N-dealkylation sites (N-methyl/N-ethyl adjacent to an activating group) is 1. The molecule has 1 unspecified atom stereocenters. The Labute approximate surface area is 183 Å². The topological polar surface area (TPSA) is 49.9 Å². The predicted octanol–water partition coefficient (Wildman–Crippen LogP) is 5.20. The fourth-order valence-electron chi connectivity index (χ4n) is 3.72. The number of ether oxygens (including phenoxy) is 1. The molecular weight excluding hydrogens is 431 g/mol. The summed E-state index contributed by atoms with van der Waals surface area (Å²) in [5.41, 5.74) is 0.847. The largest absolute Gasteiger partial charge is 0.456 e. The second kappa shape index (κ2) is 9.23. The van der Waals surface area contributed by atoms with Crippen molar-refractivity contribution in [1.29, 1.82) is 0 Å². The summed E-state index contributed by atoms with van der Waals surface area (Å²) in [4.78, 5) is 2.46. The predicted molar refractivity (Wildman–Crippen MR) is 118 cm³/mol. The summed E-state index contributed by atoms with van der Waals surface area (Å²) in [5.74, 6) is 0.658. The average molecular weight is 457 g/mol. The van der Waals surface area contributed by atoms with E-state index >= 15 is 0 Å². The molecule has 0 N–H and O–H groups in total. The van der Waals surface area contributed by atoms with Crippen LogP contribution in [0.15, 0.2) is 41.3 Å². The molecule has 2 aromatic rings. The molecule has 2 aromatic carbocycles. The zero-order valence-corrected chi connectivity index (χ0v) is 19.2. The van der Waals surface area contributed by atoms with Gasteiger partial charge in [0.05, 0.1) is 0 Å². The Kier molecular flexibility index (Phi) is 7.12. The Morgan fingerprint density at radius 3 is 2.38 bits per heavy atom. The third-order valence-electron chi connectivity index (χ3n) is 5.24. The van der Waals surface area contributed by atoms with Crippen LogP contribution in [0.5, 0.6) is 11.5 Å². The Bertz CT molecular complexity index is 958. The molecule has 0 saturated carbocycles. The van der Waals surface area contributed by atoms with Crippen LogP contribution in [0.2, 0.25) is 10.0 Å². The van der Waals surface area contributed by atoms with Gasteiger partial charge < -0.3 is 4.74 Å². The lowest BCUT2D eigenvalue weighted by atomic mass is 10.2. The van der Waals surface area contributed by atoms with E-state index in [1.807, 2.05) is 13.0 Å². The molecule has 1 fully saturated rings. The van der Waals surface area contributed by atoms with Crippen LogP contribution in [-0.4, -0.2) is 49.8 Å². The first-order valence-electron chi connectivity index (χ1n) is 9.73. The van der Waals surface area contributed by atoms with E-state index in [9.17, 15) is 8.42 Å². The molecule has 29 heavy (non-hydrogen) atoms. The summed E-state index contributed by atoms with van der Waals surface area (Å²) < 4.78 is 34.4. The first kappa shape index (κ1) is 22.4. The van der Waals surface area contributed by atoms with E-state index in [0.29, 0.717) is 28.9 Å². The molecule has 0 amide bonds. The second-order valence-electron chi connectivity index (χ2n) is 7.18. The van der Waals surface area contributed by atoms with Crippen molar-refractivity contribution in [2.24, 2.45) is 0 Å². The van der Waals surface area contributed by atoms with Crippen molar-refractivity contribution < 1.29 is 13.2 Å². The molecule has 1 saturated heterocycles. The molecule has 158 valence electrons. The van der Waals surface area contributed by atoms with Gasteiger partial charge in [0, 0.05) is 29.2 Å². The fraction of sp³-hybridized carbons (Fsp3) is 0.429. The Balaban J connectivity index is 1.92. The monoisotopic (exact) mass is 456 g/mol. The van der Waals surface area contributed by atoms with Gasteiger partial charge >= 0.3 is 0 Å². The Morgan fingerprint density at radius 2 is 1.76 bits per heavy atom. The molecule has 1 heterocycles. The van der Waals surface area contributed by atoms with Crippen LogP contribution < -0.4 is 4.74 Å². The third kappa shape index (κ3) is 5.06. The van der Waals surface area contributed by atoms with E-state index in [4.69, 9.17) is 27.9 Å². The van der Waals surface area contributed by atoms with Crippen molar-refractivity contribution in [3.05, 3.63) is 52.0 Å². The van der Waals surface area contributed by atoms with Gasteiger partial charge in [-0.15, -0.1) is 0 Å². The number of halogens is 2. The molecule has 1 atom stereocenters.